The van der Waals surface area contributed by atoms with Gasteiger partial charge in [-0.1, -0.05) is 32.9 Å². The van der Waals surface area contributed by atoms with Crippen LogP contribution in [0.25, 0.3) is 0 Å². The average molecular weight is 179 g/mol. The zero-order valence-electron chi connectivity index (χ0n) is 8.79. The third-order valence-corrected chi connectivity index (χ3v) is 1.93. The lowest BCUT2D eigenvalue weighted by Gasteiger charge is -2.18. The summed E-state index contributed by atoms with van der Waals surface area (Å²) in [7, 11) is 1.66. The van der Waals surface area contributed by atoms with Crippen LogP contribution in [0.4, 0.5) is 0 Å². The van der Waals surface area contributed by atoms with Gasteiger partial charge in [0.15, 0.2) is 5.90 Å². The summed E-state index contributed by atoms with van der Waals surface area (Å²) < 4.78 is 5.15. The zero-order valence-corrected chi connectivity index (χ0v) is 8.79. The molecule has 0 aromatic rings. The van der Waals surface area contributed by atoms with Gasteiger partial charge in [0.1, 0.15) is 0 Å². The van der Waals surface area contributed by atoms with E-state index in [1.807, 2.05) is 12.2 Å². The molecule has 2 nitrogen and oxygen atoms in total. The Bertz CT molecular complexity index is 266. The predicted octanol–water partition coefficient (Wildman–Crippen LogP) is 2.92. The molecular weight excluding hydrogens is 162 g/mol. The molecule has 72 valence electrons. The molecule has 0 bridgehead atoms. The summed E-state index contributed by atoms with van der Waals surface area (Å²) in [5.41, 5.74) is 1.15. The third-order valence-electron chi connectivity index (χ3n) is 1.93. The molecule has 1 aliphatic heterocycles. The van der Waals surface area contributed by atoms with E-state index < -0.39 is 0 Å². The van der Waals surface area contributed by atoms with Gasteiger partial charge in [-0.25, -0.2) is 4.99 Å². The monoisotopic (exact) mass is 179 g/mol. The van der Waals surface area contributed by atoms with Crippen molar-refractivity contribution in [3.8, 4) is 0 Å². The number of hydrogen-bond acceptors (Lipinski definition) is 2. The molecule has 0 N–H and O–H groups in total. The van der Waals surface area contributed by atoms with Crippen molar-refractivity contribution in [2.45, 2.75) is 27.2 Å². The molecule has 0 aromatic carbocycles. The minimum absolute atomic E-state index is 0.0818. The topological polar surface area (TPSA) is 21.6 Å². The number of rotatable bonds is 0. The van der Waals surface area contributed by atoms with Crippen molar-refractivity contribution in [3.05, 3.63) is 23.9 Å². The number of allylic oxidation sites excluding steroid dienone is 3. The van der Waals surface area contributed by atoms with E-state index in [0.717, 1.165) is 18.0 Å². The lowest BCUT2D eigenvalue weighted by atomic mass is 9.92. The Morgan fingerprint density at radius 3 is 2.62 bits per heavy atom. The fourth-order valence-electron chi connectivity index (χ4n) is 1.09. The Hall–Kier alpha value is -1.05. The largest absolute Gasteiger partial charge is 0.484 e. The second-order valence-electron chi connectivity index (χ2n) is 4.14. The Kier molecular flexibility index (Phi) is 2.91. The molecule has 0 atom stereocenters. The van der Waals surface area contributed by atoms with Crippen LogP contribution in [0.1, 0.15) is 27.2 Å². The molecule has 0 spiro atoms. The van der Waals surface area contributed by atoms with Gasteiger partial charge in [0, 0.05) is 17.5 Å². The van der Waals surface area contributed by atoms with E-state index in [1.165, 1.54) is 0 Å². The van der Waals surface area contributed by atoms with Crippen LogP contribution in [0.2, 0.25) is 0 Å². The van der Waals surface area contributed by atoms with Crippen LogP contribution in [-0.4, -0.2) is 13.0 Å². The Balaban J connectivity index is 2.95. The highest BCUT2D eigenvalue weighted by molar-refractivity contribution is 5.79. The molecule has 0 fully saturated rings. The van der Waals surface area contributed by atoms with Crippen molar-refractivity contribution >= 4 is 5.90 Å². The average Bonchev–Trinajstić information content (AvgIpc) is 2.27. The van der Waals surface area contributed by atoms with Gasteiger partial charge in [0.2, 0.25) is 0 Å². The normalized spacial score (nSPS) is 17.5. The first-order valence-electron chi connectivity index (χ1n) is 4.53. The summed E-state index contributed by atoms with van der Waals surface area (Å²) in [6, 6.07) is 0. The van der Waals surface area contributed by atoms with E-state index in [-0.39, 0.29) is 5.41 Å². The molecule has 0 radical (unpaired) electrons. The number of aliphatic imine (C=N–C) groups is 1. The van der Waals surface area contributed by atoms with E-state index in [2.05, 4.69) is 31.8 Å². The Labute approximate surface area is 80.0 Å². The first-order chi connectivity index (χ1) is 6.04. The minimum Gasteiger partial charge on any atom is -0.484 e. The molecule has 0 saturated heterocycles. The van der Waals surface area contributed by atoms with Crippen LogP contribution in [0.15, 0.2) is 28.9 Å². The minimum atomic E-state index is 0.0818. The molecule has 0 unspecified atom stereocenters. The van der Waals surface area contributed by atoms with Crippen molar-refractivity contribution in [1.29, 1.82) is 0 Å². The van der Waals surface area contributed by atoms with E-state index in [1.54, 1.807) is 7.11 Å². The van der Waals surface area contributed by atoms with Gasteiger partial charge in [0.05, 0.1) is 7.11 Å². The van der Waals surface area contributed by atoms with Gasteiger partial charge in [0.25, 0.3) is 0 Å². The molecule has 1 rings (SSSR count). The molecule has 0 amide bonds. The van der Waals surface area contributed by atoms with Crippen LogP contribution in [0.3, 0.4) is 0 Å². The first kappa shape index (κ1) is 10.0. The second-order valence-corrected chi connectivity index (χ2v) is 4.14. The lowest BCUT2D eigenvalue weighted by molar-refractivity contribution is 0.390. The Morgan fingerprint density at radius 2 is 2.08 bits per heavy atom. The van der Waals surface area contributed by atoms with Crippen LogP contribution in [0.5, 0.6) is 0 Å². The van der Waals surface area contributed by atoms with Gasteiger partial charge < -0.3 is 4.74 Å². The van der Waals surface area contributed by atoms with Crippen LogP contribution in [0, 0.1) is 5.41 Å². The van der Waals surface area contributed by atoms with E-state index in [0.29, 0.717) is 0 Å². The van der Waals surface area contributed by atoms with Gasteiger partial charge in [-0.05, 0) is 6.08 Å². The molecule has 1 heterocycles. The summed E-state index contributed by atoms with van der Waals surface area (Å²) in [6.45, 7) is 6.44. The summed E-state index contributed by atoms with van der Waals surface area (Å²) in [6.07, 6.45) is 6.93. The smallest absolute Gasteiger partial charge is 0.191 e. The van der Waals surface area contributed by atoms with Crippen LogP contribution >= 0.6 is 0 Å². The van der Waals surface area contributed by atoms with Gasteiger partial charge >= 0.3 is 0 Å². The fraction of sp³-hybridized carbons (Fsp3) is 0.545. The quantitative estimate of drug-likeness (QED) is 0.560. The highest BCUT2D eigenvalue weighted by Crippen LogP contribution is 2.27. The number of methoxy groups -OCH3 is 1. The SMILES string of the molecule is COC1=NC(C(C)(C)C)=CC=CC1. The predicted molar refractivity (Wildman–Crippen MR) is 55.7 cm³/mol. The molecule has 2 heteroatoms. The van der Waals surface area contributed by atoms with E-state index in [4.69, 9.17) is 4.74 Å². The van der Waals surface area contributed by atoms with E-state index >= 15 is 0 Å². The van der Waals surface area contributed by atoms with Crippen LogP contribution in [-0.2, 0) is 4.74 Å². The fourth-order valence-corrected chi connectivity index (χ4v) is 1.09. The molecule has 1 aliphatic rings. The standard InChI is InChI=1S/C11H17NO/c1-11(2,3)9-7-5-6-8-10(12-9)13-4/h5-7H,8H2,1-4H3. The summed E-state index contributed by atoms with van der Waals surface area (Å²) in [5.74, 6) is 0.787. The maximum absolute atomic E-state index is 5.15. The summed E-state index contributed by atoms with van der Waals surface area (Å²) >= 11 is 0. The highest BCUT2D eigenvalue weighted by atomic mass is 16.5. The maximum atomic E-state index is 5.15. The van der Waals surface area contributed by atoms with Gasteiger partial charge in [-0.15, -0.1) is 0 Å². The van der Waals surface area contributed by atoms with Gasteiger partial charge in [-0.3, -0.25) is 0 Å². The van der Waals surface area contributed by atoms with Crippen molar-refractivity contribution in [2.24, 2.45) is 10.4 Å². The van der Waals surface area contributed by atoms with E-state index in [9.17, 15) is 0 Å². The summed E-state index contributed by atoms with van der Waals surface area (Å²) in [5, 5.41) is 0. The molecular formula is C11H17NO. The molecule has 0 saturated carbocycles. The first-order valence-corrected chi connectivity index (χ1v) is 4.53. The van der Waals surface area contributed by atoms with Gasteiger partial charge in [-0.2, -0.15) is 0 Å². The number of nitrogens with zero attached hydrogens (tertiary/aromatic N) is 1. The summed E-state index contributed by atoms with van der Waals surface area (Å²) in [4.78, 5) is 4.46. The van der Waals surface area contributed by atoms with Crippen molar-refractivity contribution < 1.29 is 4.74 Å². The van der Waals surface area contributed by atoms with Crippen molar-refractivity contribution in [3.63, 3.8) is 0 Å². The van der Waals surface area contributed by atoms with Crippen molar-refractivity contribution in [1.82, 2.24) is 0 Å². The highest BCUT2D eigenvalue weighted by Gasteiger charge is 2.17. The molecule has 0 aromatic heterocycles. The molecule has 13 heavy (non-hydrogen) atoms. The van der Waals surface area contributed by atoms with Crippen molar-refractivity contribution in [2.75, 3.05) is 7.11 Å². The third kappa shape index (κ3) is 2.72. The maximum Gasteiger partial charge on any atom is 0.191 e. The number of ether oxygens (including phenoxy) is 1. The molecule has 0 aliphatic carbocycles. The second kappa shape index (κ2) is 3.77. The Morgan fingerprint density at radius 1 is 1.38 bits per heavy atom. The number of hydrogen-bond donors (Lipinski definition) is 0. The zero-order chi connectivity index (χ0) is 9.90. The van der Waals surface area contributed by atoms with Crippen LogP contribution < -0.4 is 0 Å². The lowest BCUT2D eigenvalue weighted by Crippen LogP contribution is -2.10.